The maximum Gasteiger partial charge on any atom is 0.0547 e. The van der Waals surface area contributed by atoms with E-state index in [1.807, 2.05) is 0 Å². The molecular weight excluding hydrogens is 234 g/mol. The fraction of sp³-hybridized carbons (Fsp3) is 0.688. The Morgan fingerprint density at radius 2 is 2.00 bits per heavy atom. The number of hydrogen-bond acceptors (Lipinski definition) is 3. The van der Waals surface area contributed by atoms with Gasteiger partial charge in [0.25, 0.3) is 0 Å². The highest BCUT2D eigenvalue weighted by Gasteiger charge is 2.19. The molecule has 108 valence electrons. The number of rotatable bonds is 8. The van der Waals surface area contributed by atoms with Gasteiger partial charge in [0.05, 0.1) is 5.69 Å². The zero-order valence-electron chi connectivity index (χ0n) is 13.1. The predicted molar refractivity (Wildman–Crippen MR) is 82.2 cm³/mol. The highest BCUT2D eigenvalue weighted by Crippen LogP contribution is 2.13. The third-order valence-electron chi connectivity index (χ3n) is 3.83. The Labute approximate surface area is 118 Å². The quantitative estimate of drug-likeness (QED) is 0.781. The molecule has 0 bridgehead atoms. The monoisotopic (exact) mass is 263 g/mol. The van der Waals surface area contributed by atoms with Crippen molar-refractivity contribution in [1.29, 1.82) is 0 Å². The van der Waals surface area contributed by atoms with E-state index in [1.165, 1.54) is 5.69 Å². The van der Waals surface area contributed by atoms with Crippen LogP contribution in [0.5, 0.6) is 0 Å². The summed E-state index contributed by atoms with van der Waals surface area (Å²) in [5.74, 6) is 0.643. The van der Waals surface area contributed by atoms with E-state index in [9.17, 15) is 0 Å². The molecule has 0 aliphatic heterocycles. The second kappa shape index (κ2) is 8.28. The third kappa shape index (κ3) is 5.29. The van der Waals surface area contributed by atoms with Gasteiger partial charge in [-0.1, -0.05) is 26.8 Å². The summed E-state index contributed by atoms with van der Waals surface area (Å²) in [6.07, 6.45) is 0. The van der Waals surface area contributed by atoms with E-state index in [0.717, 1.165) is 31.9 Å². The number of nitrogens with one attached hydrogen (secondary N) is 1. The van der Waals surface area contributed by atoms with Crippen LogP contribution < -0.4 is 5.32 Å². The van der Waals surface area contributed by atoms with E-state index in [2.05, 4.69) is 68.0 Å². The summed E-state index contributed by atoms with van der Waals surface area (Å²) in [7, 11) is 0. The van der Waals surface area contributed by atoms with Gasteiger partial charge in [0.15, 0.2) is 0 Å². The van der Waals surface area contributed by atoms with E-state index < -0.39 is 0 Å². The van der Waals surface area contributed by atoms with Gasteiger partial charge < -0.3 is 5.32 Å². The largest absolute Gasteiger partial charge is 0.317 e. The van der Waals surface area contributed by atoms with Crippen molar-refractivity contribution in [3.8, 4) is 0 Å². The molecule has 0 saturated heterocycles. The van der Waals surface area contributed by atoms with Crippen LogP contribution in [-0.2, 0) is 6.54 Å². The van der Waals surface area contributed by atoms with Gasteiger partial charge in [0.2, 0.25) is 0 Å². The van der Waals surface area contributed by atoms with Crippen molar-refractivity contribution in [3.05, 3.63) is 29.6 Å². The van der Waals surface area contributed by atoms with Crippen molar-refractivity contribution in [1.82, 2.24) is 15.2 Å². The standard InChI is InChI=1S/C16H29N3/c1-6-17-11-13(3)15(5)19(7-2)12-16-10-8-9-14(4)18-16/h8-10,13,15,17H,6-7,11-12H2,1-5H3. The number of hydrogen-bond donors (Lipinski definition) is 1. The van der Waals surface area contributed by atoms with Crippen LogP contribution in [0.15, 0.2) is 18.2 Å². The summed E-state index contributed by atoms with van der Waals surface area (Å²) >= 11 is 0. The lowest BCUT2D eigenvalue weighted by Crippen LogP contribution is -2.41. The second-order valence-electron chi connectivity index (χ2n) is 5.36. The first-order valence-corrected chi connectivity index (χ1v) is 7.45. The molecule has 1 rings (SSSR count). The molecule has 1 aromatic heterocycles. The van der Waals surface area contributed by atoms with Crippen LogP contribution >= 0.6 is 0 Å². The Balaban J connectivity index is 2.61. The van der Waals surface area contributed by atoms with Crippen LogP contribution in [0.2, 0.25) is 0 Å². The molecule has 0 fully saturated rings. The van der Waals surface area contributed by atoms with Crippen LogP contribution in [0.3, 0.4) is 0 Å². The van der Waals surface area contributed by atoms with Crippen LogP contribution in [0.25, 0.3) is 0 Å². The summed E-state index contributed by atoms with van der Waals surface area (Å²) < 4.78 is 0. The van der Waals surface area contributed by atoms with Crippen molar-refractivity contribution in [2.75, 3.05) is 19.6 Å². The normalized spacial score (nSPS) is 14.6. The molecule has 2 atom stereocenters. The molecule has 0 spiro atoms. The van der Waals surface area contributed by atoms with Crippen molar-refractivity contribution in [3.63, 3.8) is 0 Å². The first-order valence-electron chi connectivity index (χ1n) is 7.45. The minimum Gasteiger partial charge on any atom is -0.317 e. The van der Waals surface area contributed by atoms with Crippen LogP contribution in [0.1, 0.15) is 39.1 Å². The Bertz CT molecular complexity index is 365. The van der Waals surface area contributed by atoms with Gasteiger partial charge in [-0.25, -0.2) is 0 Å². The van der Waals surface area contributed by atoms with Crippen molar-refractivity contribution >= 4 is 0 Å². The molecule has 2 unspecified atom stereocenters. The number of pyridine rings is 1. The highest BCUT2D eigenvalue weighted by atomic mass is 15.2. The lowest BCUT2D eigenvalue weighted by atomic mass is 10.0. The fourth-order valence-electron chi connectivity index (χ4n) is 2.34. The first-order chi connectivity index (χ1) is 9.08. The topological polar surface area (TPSA) is 28.2 Å². The molecule has 0 aliphatic rings. The Hall–Kier alpha value is -0.930. The van der Waals surface area contributed by atoms with E-state index >= 15 is 0 Å². The van der Waals surface area contributed by atoms with Crippen LogP contribution in [-0.4, -0.2) is 35.6 Å². The molecule has 19 heavy (non-hydrogen) atoms. The molecule has 1 heterocycles. The first kappa shape index (κ1) is 16.1. The van der Waals surface area contributed by atoms with Crippen LogP contribution in [0.4, 0.5) is 0 Å². The predicted octanol–water partition coefficient (Wildman–Crippen LogP) is 2.85. The van der Waals surface area contributed by atoms with Gasteiger partial charge >= 0.3 is 0 Å². The summed E-state index contributed by atoms with van der Waals surface area (Å²) in [4.78, 5) is 7.11. The molecule has 1 aromatic rings. The smallest absolute Gasteiger partial charge is 0.0547 e. The number of aromatic nitrogens is 1. The Morgan fingerprint density at radius 1 is 1.26 bits per heavy atom. The number of aryl methyl sites for hydroxylation is 1. The lowest BCUT2D eigenvalue weighted by molar-refractivity contribution is 0.158. The summed E-state index contributed by atoms with van der Waals surface area (Å²) in [6, 6.07) is 6.83. The molecule has 0 aliphatic carbocycles. The Kier molecular flexibility index (Phi) is 7.03. The number of nitrogens with zero attached hydrogens (tertiary/aromatic N) is 2. The van der Waals surface area contributed by atoms with Crippen molar-refractivity contribution in [2.45, 2.75) is 47.2 Å². The van der Waals surface area contributed by atoms with Gasteiger partial charge in [-0.15, -0.1) is 0 Å². The summed E-state index contributed by atoms with van der Waals surface area (Å²) in [6.45, 7) is 15.2. The average Bonchev–Trinajstić information content (AvgIpc) is 2.41. The Morgan fingerprint density at radius 3 is 2.58 bits per heavy atom. The maximum atomic E-state index is 4.61. The molecule has 3 heteroatoms. The average molecular weight is 263 g/mol. The van der Waals surface area contributed by atoms with Crippen molar-refractivity contribution < 1.29 is 0 Å². The van der Waals surface area contributed by atoms with E-state index in [0.29, 0.717) is 12.0 Å². The minimum absolute atomic E-state index is 0.561. The van der Waals surface area contributed by atoms with Gasteiger partial charge in [0, 0.05) is 18.3 Å². The third-order valence-corrected chi connectivity index (χ3v) is 3.83. The maximum absolute atomic E-state index is 4.61. The zero-order chi connectivity index (χ0) is 14.3. The molecular formula is C16H29N3. The fourth-order valence-corrected chi connectivity index (χ4v) is 2.34. The molecule has 1 N–H and O–H groups in total. The lowest BCUT2D eigenvalue weighted by Gasteiger charge is -2.32. The molecule has 3 nitrogen and oxygen atoms in total. The summed E-state index contributed by atoms with van der Waals surface area (Å²) in [5, 5.41) is 3.44. The van der Waals surface area contributed by atoms with Gasteiger partial charge in [-0.05, 0) is 51.5 Å². The summed E-state index contributed by atoms with van der Waals surface area (Å²) in [5.41, 5.74) is 2.27. The zero-order valence-corrected chi connectivity index (χ0v) is 13.1. The van der Waals surface area contributed by atoms with Gasteiger partial charge in [-0.3, -0.25) is 9.88 Å². The highest BCUT2D eigenvalue weighted by molar-refractivity contribution is 5.09. The SMILES string of the molecule is CCNCC(C)C(C)N(CC)Cc1cccc(C)n1. The second-order valence-corrected chi connectivity index (χ2v) is 5.36. The van der Waals surface area contributed by atoms with E-state index in [4.69, 9.17) is 0 Å². The molecule has 0 amide bonds. The van der Waals surface area contributed by atoms with Gasteiger partial charge in [0.1, 0.15) is 0 Å². The van der Waals surface area contributed by atoms with Crippen LogP contribution in [0, 0.1) is 12.8 Å². The minimum atomic E-state index is 0.561. The van der Waals surface area contributed by atoms with E-state index in [-0.39, 0.29) is 0 Å². The van der Waals surface area contributed by atoms with E-state index in [1.54, 1.807) is 0 Å². The molecule has 0 saturated carbocycles. The van der Waals surface area contributed by atoms with Gasteiger partial charge in [-0.2, -0.15) is 0 Å². The van der Waals surface area contributed by atoms with Crippen molar-refractivity contribution in [2.24, 2.45) is 5.92 Å². The molecule has 0 radical (unpaired) electrons. The molecule has 0 aromatic carbocycles.